The van der Waals surface area contributed by atoms with E-state index in [0.717, 1.165) is 10.2 Å². The second-order valence-electron chi connectivity index (χ2n) is 5.34. The van der Waals surface area contributed by atoms with E-state index < -0.39 is 5.92 Å². The Morgan fingerprint density at radius 3 is 2.46 bits per heavy atom. The lowest BCUT2D eigenvalue weighted by Gasteiger charge is -2.04. The Kier molecular flexibility index (Phi) is 4.78. The van der Waals surface area contributed by atoms with E-state index in [4.69, 9.17) is 0 Å². The molecule has 0 bridgehead atoms. The largest absolute Gasteiger partial charge is 0.298 e. The molecule has 0 spiro atoms. The van der Waals surface area contributed by atoms with Crippen LogP contribution in [0.15, 0.2) is 54.6 Å². The van der Waals surface area contributed by atoms with E-state index in [0.29, 0.717) is 10.6 Å². The van der Waals surface area contributed by atoms with Gasteiger partial charge in [0.25, 0.3) is 0 Å². The zero-order valence-corrected chi connectivity index (χ0v) is 13.6. The molecule has 1 atom stereocenters. The third kappa shape index (κ3) is 3.39. The lowest BCUT2D eigenvalue weighted by atomic mass is 9.99. The summed E-state index contributed by atoms with van der Waals surface area (Å²) in [7, 11) is 0. The monoisotopic (exact) mass is 334 g/mol. The molecule has 0 aliphatic carbocycles. The summed E-state index contributed by atoms with van der Waals surface area (Å²) < 4.78 is 0.945. The number of para-hydroxylation sites is 1. The van der Waals surface area contributed by atoms with Crippen LogP contribution in [-0.2, 0) is 4.79 Å². The zero-order valence-electron chi connectivity index (χ0n) is 12.8. The van der Waals surface area contributed by atoms with Gasteiger partial charge in [-0.2, -0.15) is 5.26 Å². The molecule has 24 heavy (non-hydrogen) atoms. The molecule has 0 aliphatic rings. The standard InChI is InChI=1S/C19H14N2O2S/c20-12-14(19-21-15-8-4-5-9-18(15)24-19)17(23)11-10-16(22)13-6-2-1-3-7-13/h1-9,14H,10-11H2. The van der Waals surface area contributed by atoms with Crippen LogP contribution in [0.1, 0.15) is 34.1 Å². The maximum absolute atomic E-state index is 12.4. The number of hydrogen-bond donors (Lipinski definition) is 0. The Morgan fingerprint density at radius 1 is 1.04 bits per heavy atom. The summed E-state index contributed by atoms with van der Waals surface area (Å²) in [5.74, 6) is -1.27. The van der Waals surface area contributed by atoms with Gasteiger partial charge in [0.15, 0.2) is 17.5 Å². The summed E-state index contributed by atoms with van der Waals surface area (Å²) in [6.07, 6.45) is 0.147. The second kappa shape index (κ2) is 7.16. The average molecular weight is 334 g/mol. The summed E-state index contributed by atoms with van der Waals surface area (Å²) in [4.78, 5) is 28.8. The van der Waals surface area contributed by atoms with Gasteiger partial charge >= 0.3 is 0 Å². The van der Waals surface area contributed by atoms with Crippen LogP contribution in [0.4, 0.5) is 0 Å². The minimum Gasteiger partial charge on any atom is -0.298 e. The van der Waals surface area contributed by atoms with Gasteiger partial charge in [0.2, 0.25) is 0 Å². The number of fused-ring (bicyclic) bond motifs is 1. The molecule has 0 saturated carbocycles. The topological polar surface area (TPSA) is 70.8 Å². The molecule has 118 valence electrons. The number of rotatable bonds is 6. The highest BCUT2D eigenvalue weighted by atomic mass is 32.1. The van der Waals surface area contributed by atoms with E-state index in [2.05, 4.69) is 4.98 Å². The molecular weight excluding hydrogens is 320 g/mol. The SMILES string of the molecule is N#CC(C(=O)CCC(=O)c1ccccc1)c1nc2ccccc2s1. The molecule has 1 heterocycles. The molecule has 1 unspecified atom stereocenters. The maximum atomic E-state index is 12.4. The van der Waals surface area contributed by atoms with Crippen molar-refractivity contribution >= 4 is 33.1 Å². The molecule has 2 aromatic carbocycles. The summed E-state index contributed by atoms with van der Waals surface area (Å²) in [6, 6.07) is 18.4. The third-order valence-electron chi connectivity index (χ3n) is 3.70. The number of hydrogen-bond acceptors (Lipinski definition) is 5. The lowest BCUT2D eigenvalue weighted by molar-refractivity contribution is -0.119. The van der Waals surface area contributed by atoms with E-state index in [1.807, 2.05) is 36.4 Å². The Balaban J connectivity index is 1.70. The molecule has 0 N–H and O–H groups in total. The first-order valence-corrected chi connectivity index (χ1v) is 8.36. The maximum Gasteiger partial charge on any atom is 0.163 e. The molecule has 3 rings (SSSR count). The van der Waals surface area contributed by atoms with Crippen molar-refractivity contribution in [2.24, 2.45) is 0 Å². The zero-order chi connectivity index (χ0) is 16.9. The number of nitriles is 1. The van der Waals surface area contributed by atoms with Crippen LogP contribution in [0.25, 0.3) is 10.2 Å². The summed E-state index contributed by atoms with van der Waals surface area (Å²) in [5, 5.41) is 9.86. The number of benzene rings is 2. The van der Waals surface area contributed by atoms with Crippen LogP contribution in [0.3, 0.4) is 0 Å². The van der Waals surface area contributed by atoms with Crippen molar-refractivity contribution < 1.29 is 9.59 Å². The number of carbonyl (C=O) groups is 2. The van der Waals surface area contributed by atoms with Gasteiger partial charge in [-0.3, -0.25) is 9.59 Å². The molecule has 5 heteroatoms. The predicted molar refractivity (Wildman–Crippen MR) is 93.0 cm³/mol. The van der Waals surface area contributed by atoms with Gasteiger partial charge in [-0.25, -0.2) is 4.98 Å². The number of ketones is 2. The summed E-state index contributed by atoms with van der Waals surface area (Å²) >= 11 is 1.35. The van der Waals surface area contributed by atoms with Crippen molar-refractivity contribution in [3.63, 3.8) is 0 Å². The van der Waals surface area contributed by atoms with Gasteiger partial charge in [0.1, 0.15) is 5.01 Å². The molecule has 1 aromatic heterocycles. The highest BCUT2D eigenvalue weighted by Gasteiger charge is 2.24. The van der Waals surface area contributed by atoms with Crippen LogP contribution in [0, 0.1) is 11.3 Å². The molecule has 0 saturated heterocycles. The Labute approximate surface area is 143 Å². The first-order valence-electron chi connectivity index (χ1n) is 7.55. The van der Waals surface area contributed by atoms with Crippen molar-refractivity contribution in [2.45, 2.75) is 18.8 Å². The Morgan fingerprint density at radius 2 is 1.75 bits per heavy atom. The van der Waals surface area contributed by atoms with E-state index >= 15 is 0 Å². The molecular formula is C19H14N2O2S. The van der Waals surface area contributed by atoms with E-state index in [-0.39, 0.29) is 24.4 Å². The van der Waals surface area contributed by atoms with E-state index in [1.54, 1.807) is 24.3 Å². The van der Waals surface area contributed by atoms with Gasteiger partial charge in [-0.1, -0.05) is 42.5 Å². The molecule has 3 aromatic rings. The molecule has 0 aliphatic heterocycles. The molecule has 0 fully saturated rings. The fraction of sp³-hybridized carbons (Fsp3) is 0.158. The summed E-state index contributed by atoms with van der Waals surface area (Å²) in [5.41, 5.74) is 1.37. The van der Waals surface area contributed by atoms with Crippen LogP contribution >= 0.6 is 11.3 Å². The minimum absolute atomic E-state index is 0.0435. The minimum atomic E-state index is -0.911. The van der Waals surface area contributed by atoms with Gasteiger partial charge < -0.3 is 0 Å². The quantitative estimate of drug-likeness (QED) is 0.635. The normalized spacial score (nSPS) is 11.8. The van der Waals surface area contributed by atoms with Gasteiger partial charge in [0, 0.05) is 18.4 Å². The number of nitrogens with zero attached hydrogens (tertiary/aromatic N) is 2. The van der Waals surface area contributed by atoms with E-state index in [1.165, 1.54) is 11.3 Å². The fourth-order valence-corrected chi connectivity index (χ4v) is 3.46. The molecule has 0 amide bonds. The van der Waals surface area contributed by atoms with E-state index in [9.17, 15) is 14.9 Å². The van der Waals surface area contributed by atoms with Crippen molar-refractivity contribution in [1.29, 1.82) is 5.26 Å². The smallest absolute Gasteiger partial charge is 0.163 e. The number of thiazole rings is 1. The number of carbonyl (C=O) groups excluding carboxylic acids is 2. The highest BCUT2D eigenvalue weighted by molar-refractivity contribution is 7.18. The van der Waals surface area contributed by atoms with Crippen LogP contribution < -0.4 is 0 Å². The predicted octanol–water partition coefficient (Wildman–Crippen LogP) is 4.14. The first-order chi connectivity index (χ1) is 11.7. The highest BCUT2D eigenvalue weighted by Crippen LogP contribution is 2.28. The van der Waals surface area contributed by atoms with Gasteiger partial charge in [-0.05, 0) is 12.1 Å². The van der Waals surface area contributed by atoms with Crippen molar-refractivity contribution in [1.82, 2.24) is 4.98 Å². The van der Waals surface area contributed by atoms with Crippen molar-refractivity contribution in [2.75, 3.05) is 0 Å². The third-order valence-corrected chi connectivity index (χ3v) is 4.80. The van der Waals surface area contributed by atoms with Crippen LogP contribution in [0.2, 0.25) is 0 Å². The Bertz CT molecular complexity index is 892. The first kappa shape index (κ1) is 16.0. The molecule has 0 radical (unpaired) electrons. The van der Waals surface area contributed by atoms with Crippen LogP contribution in [-0.4, -0.2) is 16.6 Å². The van der Waals surface area contributed by atoms with Gasteiger partial charge in [0.05, 0.1) is 16.3 Å². The second-order valence-corrected chi connectivity index (χ2v) is 6.40. The average Bonchev–Trinajstić information content (AvgIpc) is 3.04. The van der Waals surface area contributed by atoms with Crippen LogP contribution in [0.5, 0.6) is 0 Å². The Hall–Kier alpha value is -2.84. The van der Waals surface area contributed by atoms with Gasteiger partial charge in [-0.15, -0.1) is 11.3 Å². The fourth-order valence-electron chi connectivity index (χ4n) is 2.43. The molecule has 4 nitrogen and oxygen atoms in total. The van der Waals surface area contributed by atoms with Crippen molar-refractivity contribution in [3.8, 4) is 6.07 Å². The number of Topliss-reactive ketones (excluding diaryl/α,β-unsaturated/α-hetero) is 2. The number of aromatic nitrogens is 1. The lowest BCUT2D eigenvalue weighted by Crippen LogP contribution is -2.12. The summed E-state index contributed by atoms with van der Waals surface area (Å²) in [6.45, 7) is 0. The van der Waals surface area contributed by atoms with Crippen molar-refractivity contribution in [3.05, 3.63) is 65.2 Å².